The van der Waals surface area contributed by atoms with Crippen LogP contribution in [0.1, 0.15) is 26.2 Å². The van der Waals surface area contributed by atoms with Gasteiger partial charge in [-0.15, -0.1) is 11.6 Å². The molecule has 1 unspecified atom stereocenters. The number of nitrogens with zero attached hydrogens (tertiary/aromatic N) is 1. The van der Waals surface area contributed by atoms with Crippen molar-refractivity contribution in [2.75, 3.05) is 19.0 Å². The Morgan fingerprint density at radius 1 is 1.64 bits per heavy atom. The van der Waals surface area contributed by atoms with Gasteiger partial charge < -0.3 is 10.0 Å². The SMILES string of the molecule is CC(CCl)C(=O)N(CCO)C1CCC1. The van der Waals surface area contributed by atoms with Gasteiger partial charge in [0.2, 0.25) is 5.91 Å². The standard InChI is InChI=1S/C10H18ClNO2/c1-8(7-11)10(14)12(5-6-13)9-3-2-4-9/h8-9,13H,2-7H2,1H3. The molecule has 1 aliphatic rings. The first-order valence-corrected chi connectivity index (χ1v) is 5.71. The highest BCUT2D eigenvalue weighted by atomic mass is 35.5. The molecular formula is C10H18ClNO2. The van der Waals surface area contributed by atoms with Gasteiger partial charge in [-0.1, -0.05) is 6.92 Å². The van der Waals surface area contributed by atoms with Crippen molar-refractivity contribution >= 4 is 17.5 Å². The summed E-state index contributed by atoms with van der Waals surface area (Å²) < 4.78 is 0. The predicted molar refractivity (Wildman–Crippen MR) is 56.3 cm³/mol. The van der Waals surface area contributed by atoms with Crippen molar-refractivity contribution < 1.29 is 9.90 Å². The molecule has 1 amide bonds. The van der Waals surface area contributed by atoms with E-state index in [4.69, 9.17) is 16.7 Å². The van der Waals surface area contributed by atoms with Crippen LogP contribution >= 0.6 is 11.6 Å². The molecule has 1 aliphatic carbocycles. The van der Waals surface area contributed by atoms with Crippen LogP contribution < -0.4 is 0 Å². The Morgan fingerprint density at radius 2 is 2.29 bits per heavy atom. The van der Waals surface area contributed by atoms with Gasteiger partial charge in [0.15, 0.2) is 0 Å². The van der Waals surface area contributed by atoms with Gasteiger partial charge in [-0.25, -0.2) is 0 Å². The third-order valence-electron chi connectivity index (χ3n) is 2.79. The average molecular weight is 220 g/mol. The van der Waals surface area contributed by atoms with E-state index in [1.807, 2.05) is 6.92 Å². The van der Waals surface area contributed by atoms with Crippen LogP contribution in [0.3, 0.4) is 0 Å². The second-order valence-corrected chi connectivity index (χ2v) is 4.20. The van der Waals surface area contributed by atoms with Crippen LogP contribution in [0, 0.1) is 5.92 Å². The predicted octanol–water partition coefficient (Wildman–Crippen LogP) is 1.23. The largest absolute Gasteiger partial charge is 0.395 e. The molecule has 0 aromatic heterocycles. The molecule has 3 nitrogen and oxygen atoms in total. The van der Waals surface area contributed by atoms with Crippen LogP contribution in [0.25, 0.3) is 0 Å². The minimum absolute atomic E-state index is 0.0389. The van der Waals surface area contributed by atoms with Crippen molar-refractivity contribution in [2.45, 2.75) is 32.2 Å². The van der Waals surface area contributed by atoms with E-state index < -0.39 is 0 Å². The molecule has 14 heavy (non-hydrogen) atoms. The highest BCUT2D eigenvalue weighted by Crippen LogP contribution is 2.25. The zero-order valence-corrected chi connectivity index (χ0v) is 9.33. The fraction of sp³-hybridized carbons (Fsp3) is 0.900. The number of aliphatic hydroxyl groups excluding tert-OH is 1. The maximum atomic E-state index is 11.8. The molecule has 1 N–H and O–H groups in total. The summed E-state index contributed by atoms with van der Waals surface area (Å²) in [6.07, 6.45) is 3.33. The molecule has 1 fully saturated rings. The van der Waals surface area contributed by atoms with Crippen LogP contribution in [0.5, 0.6) is 0 Å². The minimum Gasteiger partial charge on any atom is -0.395 e. The summed E-state index contributed by atoms with van der Waals surface area (Å²) in [5, 5.41) is 8.88. The van der Waals surface area contributed by atoms with E-state index in [0.29, 0.717) is 18.5 Å². The number of carbonyl (C=O) groups excluding carboxylic acids is 1. The van der Waals surface area contributed by atoms with Crippen LogP contribution in [-0.4, -0.2) is 41.0 Å². The molecular weight excluding hydrogens is 202 g/mol. The molecule has 0 heterocycles. The maximum absolute atomic E-state index is 11.8. The lowest BCUT2D eigenvalue weighted by atomic mass is 9.90. The van der Waals surface area contributed by atoms with E-state index in [-0.39, 0.29) is 18.4 Å². The molecule has 0 bridgehead atoms. The minimum atomic E-state index is -0.135. The number of hydrogen-bond acceptors (Lipinski definition) is 2. The second-order valence-electron chi connectivity index (χ2n) is 3.90. The lowest BCUT2D eigenvalue weighted by molar-refractivity contribution is -0.139. The van der Waals surface area contributed by atoms with Crippen LogP contribution in [-0.2, 0) is 4.79 Å². The summed E-state index contributed by atoms with van der Waals surface area (Å²) >= 11 is 5.65. The molecule has 0 aromatic carbocycles. The number of aliphatic hydroxyl groups is 1. The third-order valence-corrected chi connectivity index (χ3v) is 3.26. The molecule has 1 atom stereocenters. The zero-order valence-electron chi connectivity index (χ0n) is 8.58. The Morgan fingerprint density at radius 3 is 2.64 bits per heavy atom. The van der Waals surface area contributed by atoms with E-state index in [2.05, 4.69) is 0 Å². The van der Waals surface area contributed by atoms with Gasteiger partial charge in [-0.2, -0.15) is 0 Å². The van der Waals surface area contributed by atoms with Gasteiger partial charge >= 0.3 is 0 Å². The van der Waals surface area contributed by atoms with Gasteiger partial charge in [0, 0.05) is 24.4 Å². The summed E-state index contributed by atoms with van der Waals surface area (Å²) in [7, 11) is 0. The van der Waals surface area contributed by atoms with Gasteiger partial charge in [0.1, 0.15) is 0 Å². The Labute approximate surface area is 90.0 Å². The monoisotopic (exact) mass is 219 g/mol. The summed E-state index contributed by atoms with van der Waals surface area (Å²) in [6, 6.07) is 0.348. The summed E-state index contributed by atoms with van der Waals surface area (Å²) in [6.45, 7) is 2.32. The van der Waals surface area contributed by atoms with Crippen LogP contribution in [0.2, 0.25) is 0 Å². The number of carbonyl (C=O) groups is 1. The lowest BCUT2D eigenvalue weighted by Gasteiger charge is -2.38. The van der Waals surface area contributed by atoms with Crippen molar-refractivity contribution in [3.8, 4) is 0 Å². The van der Waals surface area contributed by atoms with E-state index in [0.717, 1.165) is 12.8 Å². The maximum Gasteiger partial charge on any atom is 0.226 e. The molecule has 1 rings (SSSR count). The first-order valence-electron chi connectivity index (χ1n) is 5.18. The molecule has 0 aliphatic heterocycles. The van der Waals surface area contributed by atoms with Gasteiger partial charge in [-0.3, -0.25) is 4.79 Å². The fourth-order valence-corrected chi connectivity index (χ4v) is 1.76. The van der Waals surface area contributed by atoms with E-state index in [9.17, 15) is 4.79 Å². The summed E-state index contributed by atoms with van der Waals surface area (Å²) in [5.74, 6) is 0.301. The molecule has 0 saturated heterocycles. The molecule has 0 radical (unpaired) electrons. The van der Waals surface area contributed by atoms with Crippen LogP contribution in [0.4, 0.5) is 0 Å². The van der Waals surface area contributed by atoms with Crippen molar-refractivity contribution in [3.05, 3.63) is 0 Å². The second kappa shape index (κ2) is 5.56. The number of alkyl halides is 1. The molecule has 0 aromatic rings. The normalized spacial score (nSPS) is 18.8. The first kappa shape index (κ1) is 11.8. The topological polar surface area (TPSA) is 40.5 Å². The van der Waals surface area contributed by atoms with Crippen molar-refractivity contribution in [3.63, 3.8) is 0 Å². The smallest absolute Gasteiger partial charge is 0.226 e. The molecule has 1 saturated carbocycles. The highest BCUT2D eigenvalue weighted by molar-refractivity contribution is 6.19. The van der Waals surface area contributed by atoms with Crippen molar-refractivity contribution in [1.29, 1.82) is 0 Å². The zero-order chi connectivity index (χ0) is 10.6. The number of rotatable bonds is 5. The summed E-state index contributed by atoms with van der Waals surface area (Å²) in [5.41, 5.74) is 0. The first-order chi connectivity index (χ1) is 6.70. The molecule has 82 valence electrons. The van der Waals surface area contributed by atoms with Gasteiger partial charge in [-0.05, 0) is 19.3 Å². The fourth-order valence-electron chi connectivity index (χ4n) is 1.63. The van der Waals surface area contributed by atoms with E-state index >= 15 is 0 Å². The Kier molecular flexibility index (Phi) is 4.69. The van der Waals surface area contributed by atoms with Gasteiger partial charge in [0.05, 0.1) is 6.61 Å². The van der Waals surface area contributed by atoms with Gasteiger partial charge in [0.25, 0.3) is 0 Å². The molecule has 0 spiro atoms. The molecule has 4 heteroatoms. The van der Waals surface area contributed by atoms with E-state index in [1.54, 1.807) is 4.90 Å². The Hall–Kier alpha value is -0.280. The van der Waals surface area contributed by atoms with Crippen LogP contribution in [0.15, 0.2) is 0 Å². The highest BCUT2D eigenvalue weighted by Gasteiger charge is 2.30. The van der Waals surface area contributed by atoms with Crippen molar-refractivity contribution in [1.82, 2.24) is 4.90 Å². The summed E-state index contributed by atoms with van der Waals surface area (Å²) in [4.78, 5) is 13.6. The Balaban J connectivity index is 2.51. The average Bonchev–Trinajstić information content (AvgIpc) is 2.12. The number of halogens is 1. The van der Waals surface area contributed by atoms with E-state index in [1.165, 1.54) is 6.42 Å². The number of hydrogen-bond donors (Lipinski definition) is 1. The number of amides is 1. The van der Waals surface area contributed by atoms with Crippen molar-refractivity contribution in [2.24, 2.45) is 5.92 Å². The quantitative estimate of drug-likeness (QED) is 0.707. The third kappa shape index (κ3) is 2.61. The lowest BCUT2D eigenvalue weighted by Crippen LogP contribution is -2.48. The Bertz CT molecular complexity index is 195.